The summed E-state index contributed by atoms with van der Waals surface area (Å²) in [6.45, 7) is 1.47. The molecular formula is C15H27BN2O5. The van der Waals surface area contributed by atoms with Crippen LogP contribution in [0.4, 0.5) is 0 Å². The van der Waals surface area contributed by atoms with Gasteiger partial charge in [0.1, 0.15) is 0 Å². The van der Waals surface area contributed by atoms with Gasteiger partial charge in [-0.1, -0.05) is 31.4 Å². The highest BCUT2D eigenvalue weighted by Gasteiger charge is 2.33. The quantitative estimate of drug-likeness (QED) is 0.445. The Morgan fingerprint density at radius 2 is 1.96 bits per heavy atom. The van der Waals surface area contributed by atoms with Gasteiger partial charge in [-0.05, 0) is 19.3 Å². The van der Waals surface area contributed by atoms with Crippen LogP contribution in [-0.2, 0) is 14.2 Å². The number of amides is 1. The van der Waals surface area contributed by atoms with Gasteiger partial charge in [0.15, 0.2) is 0 Å². The molecule has 1 amide bonds. The maximum atomic E-state index is 12.1. The molecule has 1 heterocycles. The van der Waals surface area contributed by atoms with Crippen molar-refractivity contribution in [2.24, 2.45) is 5.73 Å². The fourth-order valence-corrected chi connectivity index (χ4v) is 2.84. The summed E-state index contributed by atoms with van der Waals surface area (Å²) < 4.78 is 5.15. The van der Waals surface area contributed by atoms with Crippen molar-refractivity contribution in [2.45, 2.75) is 63.3 Å². The van der Waals surface area contributed by atoms with Crippen LogP contribution >= 0.6 is 0 Å². The number of carboxylic acids is 1. The van der Waals surface area contributed by atoms with Crippen molar-refractivity contribution >= 4 is 19.0 Å². The predicted molar refractivity (Wildman–Crippen MR) is 87.5 cm³/mol. The first-order valence-electron chi connectivity index (χ1n) is 8.05. The first-order valence-corrected chi connectivity index (χ1v) is 8.05. The topological polar surface area (TPSA) is 122 Å². The van der Waals surface area contributed by atoms with Gasteiger partial charge < -0.3 is 25.8 Å². The van der Waals surface area contributed by atoms with E-state index in [0.717, 1.165) is 32.6 Å². The van der Waals surface area contributed by atoms with Crippen LogP contribution in [0.25, 0.3) is 0 Å². The third kappa shape index (κ3) is 8.15. The molecule has 1 unspecified atom stereocenters. The van der Waals surface area contributed by atoms with Gasteiger partial charge in [0.25, 0.3) is 5.97 Å². The second-order valence-electron chi connectivity index (χ2n) is 6.22. The third-order valence-electron chi connectivity index (χ3n) is 3.97. The number of nitrogens with one attached hydrogen (secondary N) is 1. The van der Waals surface area contributed by atoms with Crippen LogP contribution in [-0.4, -0.2) is 47.2 Å². The van der Waals surface area contributed by atoms with Crippen LogP contribution in [0, 0.1) is 0 Å². The third-order valence-corrected chi connectivity index (χ3v) is 3.97. The molecule has 0 bridgehead atoms. The second-order valence-corrected chi connectivity index (χ2v) is 6.22. The summed E-state index contributed by atoms with van der Waals surface area (Å²) in [5.41, 5.74) is 5.90. The first kappa shape index (κ1) is 19.7. The SMILES string of the molecule is CC(=O)O.NC1(CC(=O)NC2CC=CCOB2O)CCCCC1. The molecular weight excluding hydrogens is 299 g/mol. The Morgan fingerprint density at radius 3 is 2.57 bits per heavy atom. The van der Waals surface area contributed by atoms with E-state index in [9.17, 15) is 9.82 Å². The average molecular weight is 326 g/mol. The van der Waals surface area contributed by atoms with Crippen LogP contribution in [0.1, 0.15) is 51.9 Å². The Labute approximate surface area is 137 Å². The molecule has 0 saturated heterocycles. The Bertz CT molecular complexity index is 420. The number of rotatable bonds is 3. The minimum Gasteiger partial charge on any atom is -0.481 e. The zero-order chi connectivity index (χ0) is 17.3. The molecule has 1 saturated carbocycles. The first-order chi connectivity index (χ1) is 10.8. The van der Waals surface area contributed by atoms with Crippen LogP contribution < -0.4 is 11.1 Å². The van der Waals surface area contributed by atoms with Crippen LogP contribution in [0.2, 0.25) is 0 Å². The largest absolute Gasteiger partial charge is 0.481 e. The van der Waals surface area contributed by atoms with Gasteiger partial charge >= 0.3 is 7.12 Å². The molecule has 7 nitrogen and oxygen atoms in total. The molecule has 2 rings (SSSR count). The molecule has 1 aliphatic carbocycles. The van der Waals surface area contributed by atoms with Gasteiger partial charge in [0, 0.05) is 25.5 Å². The molecule has 1 fully saturated rings. The van der Waals surface area contributed by atoms with Crippen LogP contribution in [0.15, 0.2) is 12.2 Å². The van der Waals surface area contributed by atoms with Crippen molar-refractivity contribution in [3.05, 3.63) is 12.2 Å². The molecule has 0 aromatic rings. The minimum absolute atomic E-state index is 0.0904. The normalized spacial score (nSPS) is 23.3. The fourth-order valence-electron chi connectivity index (χ4n) is 2.84. The molecule has 0 spiro atoms. The summed E-state index contributed by atoms with van der Waals surface area (Å²) in [5, 5.41) is 20.0. The van der Waals surface area contributed by atoms with E-state index in [2.05, 4.69) is 5.32 Å². The molecule has 0 aromatic carbocycles. The monoisotopic (exact) mass is 326 g/mol. The number of carboxylic acid groups (broad SMARTS) is 1. The number of carbonyl (C=O) groups is 2. The number of hydrogen-bond acceptors (Lipinski definition) is 5. The standard InChI is InChI=1S/C13H23BN2O3.C2H4O2/c15-13(7-3-1-4-8-13)10-12(17)16-11-6-2-5-9-19-14(11)18;1-2(3)4/h2,5,11,18H,1,3-4,6-10,15H2,(H,16,17);1H3,(H,3,4). The van der Waals surface area contributed by atoms with Crippen molar-refractivity contribution < 1.29 is 24.4 Å². The Morgan fingerprint density at radius 1 is 1.35 bits per heavy atom. The molecule has 0 radical (unpaired) electrons. The van der Waals surface area contributed by atoms with Crippen molar-refractivity contribution in [1.29, 1.82) is 0 Å². The van der Waals surface area contributed by atoms with Crippen molar-refractivity contribution in [3.8, 4) is 0 Å². The molecule has 1 atom stereocenters. The maximum Gasteiger partial charge on any atom is 0.478 e. The summed E-state index contributed by atoms with van der Waals surface area (Å²) in [5.74, 6) is -1.30. The molecule has 0 aromatic heterocycles. The number of aliphatic carboxylic acids is 1. The van der Waals surface area contributed by atoms with Crippen LogP contribution in [0.3, 0.4) is 0 Å². The van der Waals surface area contributed by atoms with E-state index in [4.69, 9.17) is 20.3 Å². The van der Waals surface area contributed by atoms with E-state index in [1.807, 2.05) is 12.2 Å². The van der Waals surface area contributed by atoms with Crippen molar-refractivity contribution in [2.75, 3.05) is 6.61 Å². The average Bonchev–Trinajstić information content (AvgIpc) is 2.63. The van der Waals surface area contributed by atoms with E-state index >= 15 is 0 Å². The summed E-state index contributed by atoms with van der Waals surface area (Å²) in [4.78, 5) is 21.1. The smallest absolute Gasteiger partial charge is 0.478 e. The zero-order valence-corrected chi connectivity index (χ0v) is 13.7. The molecule has 8 heteroatoms. The Kier molecular flexibility index (Phi) is 8.29. The highest BCUT2D eigenvalue weighted by molar-refractivity contribution is 6.45. The van der Waals surface area contributed by atoms with E-state index in [1.54, 1.807) is 0 Å². The van der Waals surface area contributed by atoms with E-state index < -0.39 is 13.1 Å². The lowest BCUT2D eigenvalue weighted by atomic mass is 9.76. The molecule has 2 aliphatic rings. The zero-order valence-electron chi connectivity index (χ0n) is 13.7. The summed E-state index contributed by atoms with van der Waals surface area (Å²) in [6.07, 6.45) is 9.91. The van der Waals surface area contributed by atoms with Gasteiger partial charge in [0.2, 0.25) is 5.91 Å². The molecule has 1 aliphatic heterocycles. The lowest BCUT2D eigenvalue weighted by Gasteiger charge is -2.33. The fraction of sp³-hybridized carbons (Fsp3) is 0.733. The Balaban J connectivity index is 0.000000593. The van der Waals surface area contributed by atoms with Gasteiger partial charge in [-0.25, -0.2) is 0 Å². The highest BCUT2D eigenvalue weighted by Crippen LogP contribution is 2.28. The molecule has 130 valence electrons. The van der Waals surface area contributed by atoms with E-state index in [-0.39, 0.29) is 17.4 Å². The van der Waals surface area contributed by atoms with Crippen LogP contribution in [0.5, 0.6) is 0 Å². The van der Waals surface area contributed by atoms with Crippen molar-refractivity contribution in [3.63, 3.8) is 0 Å². The van der Waals surface area contributed by atoms with Gasteiger partial charge in [-0.2, -0.15) is 0 Å². The predicted octanol–water partition coefficient (Wildman–Crippen LogP) is 0.610. The lowest BCUT2D eigenvalue weighted by Crippen LogP contribution is -2.51. The highest BCUT2D eigenvalue weighted by atomic mass is 16.5. The number of hydrogen-bond donors (Lipinski definition) is 4. The van der Waals surface area contributed by atoms with Crippen molar-refractivity contribution in [1.82, 2.24) is 5.32 Å². The van der Waals surface area contributed by atoms with E-state index in [1.165, 1.54) is 6.42 Å². The number of carbonyl (C=O) groups excluding carboxylic acids is 1. The maximum absolute atomic E-state index is 12.1. The number of nitrogens with two attached hydrogens (primary N) is 1. The summed E-state index contributed by atoms with van der Waals surface area (Å²) >= 11 is 0. The minimum atomic E-state index is -0.945. The van der Waals surface area contributed by atoms with Gasteiger partial charge in [-0.3, -0.25) is 9.59 Å². The van der Waals surface area contributed by atoms with Gasteiger partial charge in [-0.15, -0.1) is 0 Å². The Hall–Kier alpha value is -1.38. The molecule has 23 heavy (non-hydrogen) atoms. The summed E-state index contributed by atoms with van der Waals surface area (Å²) in [6, 6.07) is 0. The molecule has 5 N–H and O–H groups in total. The summed E-state index contributed by atoms with van der Waals surface area (Å²) in [7, 11) is -0.945. The van der Waals surface area contributed by atoms with Gasteiger partial charge in [0.05, 0.1) is 5.94 Å². The van der Waals surface area contributed by atoms with E-state index in [0.29, 0.717) is 19.4 Å². The second kappa shape index (κ2) is 9.69. The lowest BCUT2D eigenvalue weighted by molar-refractivity contribution is -0.134.